The number of benzene rings is 4. The van der Waals surface area contributed by atoms with Crippen LogP contribution < -0.4 is 9.62 Å². The van der Waals surface area contributed by atoms with Gasteiger partial charge in [-0.05, 0) is 47.9 Å². The normalized spacial score (nSPS) is 11.9. The number of nitrogens with one attached hydrogen (secondary N) is 1. The molecule has 0 saturated carbocycles. The number of halogens is 2. The Morgan fingerprint density at radius 3 is 1.98 bits per heavy atom. The van der Waals surface area contributed by atoms with Crippen LogP contribution in [0.25, 0.3) is 0 Å². The van der Waals surface area contributed by atoms with Crippen molar-refractivity contribution >= 4 is 50.7 Å². The van der Waals surface area contributed by atoms with Gasteiger partial charge in [0.1, 0.15) is 12.6 Å². The van der Waals surface area contributed by atoms with Crippen LogP contribution in [0.5, 0.6) is 0 Å². The predicted molar refractivity (Wildman–Crippen MR) is 176 cm³/mol. The second kappa shape index (κ2) is 15.7. The fourth-order valence-electron chi connectivity index (χ4n) is 4.73. The third kappa shape index (κ3) is 8.62. The molecule has 4 aromatic rings. The van der Waals surface area contributed by atoms with Gasteiger partial charge in [-0.25, -0.2) is 8.42 Å². The van der Waals surface area contributed by atoms with Crippen molar-refractivity contribution in [2.45, 2.75) is 43.7 Å². The Morgan fingerprint density at radius 1 is 0.795 bits per heavy atom. The first-order chi connectivity index (χ1) is 21.2. The molecule has 0 aromatic heterocycles. The van der Waals surface area contributed by atoms with Crippen molar-refractivity contribution in [3.8, 4) is 0 Å². The number of sulfonamides is 1. The van der Waals surface area contributed by atoms with E-state index in [1.807, 2.05) is 67.6 Å². The zero-order valence-electron chi connectivity index (χ0n) is 24.4. The summed E-state index contributed by atoms with van der Waals surface area (Å²) in [5, 5.41) is 3.37. The zero-order valence-corrected chi connectivity index (χ0v) is 26.7. The molecule has 0 bridgehead atoms. The number of hydrogen-bond acceptors (Lipinski definition) is 4. The molecule has 4 aromatic carbocycles. The molecule has 0 aliphatic heterocycles. The van der Waals surface area contributed by atoms with E-state index in [9.17, 15) is 18.0 Å². The van der Waals surface area contributed by atoms with Gasteiger partial charge in [-0.15, -0.1) is 0 Å². The lowest BCUT2D eigenvalue weighted by Crippen LogP contribution is -2.53. The summed E-state index contributed by atoms with van der Waals surface area (Å²) in [4.78, 5) is 29.6. The molecular weight excluding hydrogens is 617 g/mol. The third-order valence-electron chi connectivity index (χ3n) is 7.10. The minimum Gasteiger partial charge on any atom is -0.354 e. The van der Waals surface area contributed by atoms with E-state index in [0.717, 1.165) is 28.3 Å². The number of nitrogens with zero attached hydrogens (tertiary/aromatic N) is 2. The number of hydrogen-bond donors (Lipinski definition) is 1. The summed E-state index contributed by atoms with van der Waals surface area (Å²) >= 11 is 12.5. The quantitative estimate of drug-likeness (QED) is 0.153. The Hall–Kier alpha value is -3.85. The van der Waals surface area contributed by atoms with Crippen molar-refractivity contribution in [2.24, 2.45) is 0 Å². The molecule has 0 spiro atoms. The third-order valence-corrected chi connectivity index (χ3v) is 9.62. The molecule has 7 nitrogen and oxygen atoms in total. The summed E-state index contributed by atoms with van der Waals surface area (Å²) < 4.78 is 29.0. The lowest BCUT2D eigenvalue weighted by atomic mass is 10.0. The van der Waals surface area contributed by atoms with E-state index in [2.05, 4.69) is 5.32 Å². The molecule has 1 N–H and O–H groups in total. The summed E-state index contributed by atoms with van der Waals surface area (Å²) in [6.45, 7) is 2.02. The number of anilines is 1. The van der Waals surface area contributed by atoms with Crippen LogP contribution in [0.3, 0.4) is 0 Å². The molecule has 10 heteroatoms. The minimum atomic E-state index is -4.22. The monoisotopic (exact) mass is 651 g/mol. The summed E-state index contributed by atoms with van der Waals surface area (Å²) in [6, 6.07) is 30.1. The van der Waals surface area contributed by atoms with Crippen LogP contribution in [0.2, 0.25) is 10.0 Å². The van der Waals surface area contributed by atoms with Crippen LogP contribution in [-0.2, 0) is 32.6 Å². The first-order valence-corrected chi connectivity index (χ1v) is 16.6. The highest BCUT2D eigenvalue weighted by molar-refractivity contribution is 7.92. The maximum atomic E-state index is 14.4. The lowest BCUT2D eigenvalue weighted by Gasteiger charge is -2.34. The van der Waals surface area contributed by atoms with Gasteiger partial charge >= 0.3 is 0 Å². The Labute approximate surface area is 269 Å². The van der Waals surface area contributed by atoms with E-state index in [1.54, 1.807) is 18.2 Å². The molecule has 230 valence electrons. The van der Waals surface area contributed by atoms with Gasteiger partial charge in [0.05, 0.1) is 20.6 Å². The summed E-state index contributed by atoms with van der Waals surface area (Å²) in [5.74, 6) is -0.857. The lowest BCUT2D eigenvalue weighted by molar-refractivity contribution is -0.140. The Kier molecular flexibility index (Phi) is 11.8. The van der Waals surface area contributed by atoms with E-state index < -0.39 is 28.5 Å². The van der Waals surface area contributed by atoms with Gasteiger partial charge in [0.15, 0.2) is 0 Å². The Morgan fingerprint density at radius 2 is 1.39 bits per heavy atom. The molecule has 0 radical (unpaired) electrons. The first kappa shape index (κ1) is 33.1. The van der Waals surface area contributed by atoms with Crippen LogP contribution in [0, 0.1) is 0 Å². The van der Waals surface area contributed by atoms with Gasteiger partial charge < -0.3 is 10.2 Å². The summed E-state index contributed by atoms with van der Waals surface area (Å²) in [7, 11) is -4.22. The molecule has 1 atom stereocenters. The number of carbonyl (C=O) groups is 2. The summed E-state index contributed by atoms with van der Waals surface area (Å²) in [6.07, 6.45) is 1.93. The van der Waals surface area contributed by atoms with Crippen molar-refractivity contribution in [3.63, 3.8) is 0 Å². The molecule has 0 saturated heterocycles. The van der Waals surface area contributed by atoms with Crippen molar-refractivity contribution in [1.29, 1.82) is 0 Å². The van der Waals surface area contributed by atoms with Crippen molar-refractivity contribution in [2.75, 3.05) is 17.4 Å². The molecule has 0 fully saturated rings. The van der Waals surface area contributed by atoms with E-state index in [1.165, 1.54) is 35.2 Å². The predicted octanol–water partition coefficient (Wildman–Crippen LogP) is 6.75. The van der Waals surface area contributed by atoms with Crippen LogP contribution in [0.1, 0.15) is 30.9 Å². The zero-order chi connectivity index (χ0) is 31.5. The highest BCUT2D eigenvalue weighted by Crippen LogP contribution is 2.31. The average molecular weight is 653 g/mol. The molecular formula is C34H35Cl2N3O4S. The summed E-state index contributed by atoms with van der Waals surface area (Å²) in [5.41, 5.74) is 1.84. The smallest absolute Gasteiger partial charge is 0.264 e. The molecule has 2 amide bonds. The van der Waals surface area contributed by atoms with E-state index in [4.69, 9.17) is 23.2 Å². The second-order valence-corrected chi connectivity index (χ2v) is 13.0. The topological polar surface area (TPSA) is 86.8 Å². The molecule has 0 heterocycles. The van der Waals surface area contributed by atoms with Gasteiger partial charge in [0.2, 0.25) is 11.8 Å². The minimum absolute atomic E-state index is 0.00614. The van der Waals surface area contributed by atoms with Gasteiger partial charge in [0.25, 0.3) is 10.0 Å². The highest BCUT2D eigenvalue weighted by atomic mass is 35.5. The largest absolute Gasteiger partial charge is 0.354 e. The van der Waals surface area contributed by atoms with Gasteiger partial charge in [-0.3, -0.25) is 13.9 Å². The van der Waals surface area contributed by atoms with Gasteiger partial charge in [-0.2, -0.15) is 0 Å². The first-order valence-electron chi connectivity index (χ1n) is 14.4. The Bertz CT molecular complexity index is 1640. The molecule has 0 unspecified atom stereocenters. The van der Waals surface area contributed by atoms with E-state index >= 15 is 0 Å². The number of unbranched alkanes of at least 4 members (excludes halogenated alkanes) is 1. The van der Waals surface area contributed by atoms with Crippen LogP contribution in [0.15, 0.2) is 114 Å². The van der Waals surface area contributed by atoms with Gasteiger partial charge in [0, 0.05) is 19.5 Å². The maximum Gasteiger partial charge on any atom is 0.264 e. The van der Waals surface area contributed by atoms with E-state index in [0.29, 0.717) is 6.54 Å². The average Bonchev–Trinajstić information content (AvgIpc) is 3.04. The van der Waals surface area contributed by atoms with Crippen molar-refractivity contribution < 1.29 is 18.0 Å². The molecule has 0 aliphatic rings. The van der Waals surface area contributed by atoms with Gasteiger partial charge in [-0.1, -0.05) is 115 Å². The standard InChI is InChI=1S/C34H35Cl2N3O4S/c1-2-3-21-37-34(41)32(22-26-13-7-4-8-14-26)38(24-27-15-9-5-10-16-27)33(40)25-39(28-19-20-30(35)31(36)23-28)44(42,43)29-17-11-6-12-18-29/h4-20,23,32H,2-3,21-22,24-25H2,1H3,(H,37,41)/t32-/m1/s1. The maximum absolute atomic E-state index is 14.4. The highest BCUT2D eigenvalue weighted by Gasteiger charge is 2.34. The van der Waals surface area contributed by atoms with Crippen molar-refractivity contribution in [3.05, 3.63) is 130 Å². The van der Waals surface area contributed by atoms with Crippen LogP contribution in [-0.4, -0.2) is 44.3 Å². The fraction of sp³-hybridized carbons (Fsp3) is 0.235. The van der Waals surface area contributed by atoms with E-state index in [-0.39, 0.29) is 39.5 Å². The number of rotatable bonds is 14. The van der Waals surface area contributed by atoms with Crippen molar-refractivity contribution in [1.82, 2.24) is 10.2 Å². The number of carbonyl (C=O) groups excluding carboxylic acids is 2. The SMILES string of the molecule is CCCCNC(=O)[C@@H](Cc1ccccc1)N(Cc1ccccc1)C(=O)CN(c1ccc(Cl)c(Cl)c1)S(=O)(=O)c1ccccc1. The Balaban J connectivity index is 1.78. The number of amides is 2. The van der Waals surface area contributed by atoms with Crippen LogP contribution in [0.4, 0.5) is 5.69 Å². The molecule has 4 rings (SSSR count). The second-order valence-electron chi connectivity index (χ2n) is 10.3. The van der Waals surface area contributed by atoms with Crippen LogP contribution >= 0.6 is 23.2 Å². The molecule has 44 heavy (non-hydrogen) atoms. The molecule has 0 aliphatic carbocycles. The fourth-order valence-corrected chi connectivity index (χ4v) is 6.45.